The van der Waals surface area contributed by atoms with Gasteiger partial charge in [-0.25, -0.2) is 4.98 Å². The van der Waals surface area contributed by atoms with E-state index in [0.29, 0.717) is 36.5 Å². The van der Waals surface area contributed by atoms with Gasteiger partial charge in [-0.3, -0.25) is 4.79 Å². The van der Waals surface area contributed by atoms with Crippen LogP contribution in [0.3, 0.4) is 0 Å². The second-order valence-electron chi connectivity index (χ2n) is 4.05. The van der Waals surface area contributed by atoms with Crippen molar-refractivity contribution in [1.29, 1.82) is 0 Å². The highest BCUT2D eigenvalue weighted by atomic mass is 16.5. The van der Waals surface area contributed by atoms with Crippen molar-refractivity contribution < 1.29 is 14.4 Å². The monoisotopic (exact) mass is 286 g/mol. The number of amides is 1. The van der Waals surface area contributed by atoms with E-state index in [1.54, 1.807) is 12.1 Å². The third-order valence-electron chi connectivity index (χ3n) is 2.50. The Kier molecular flexibility index (Phi) is 5.43. The normalized spacial score (nSPS) is 9.76. The predicted molar refractivity (Wildman–Crippen MR) is 73.2 cm³/mol. The lowest BCUT2D eigenvalue weighted by Gasteiger charge is -2.02. The second kappa shape index (κ2) is 7.77. The molecule has 21 heavy (non-hydrogen) atoms. The Balaban J connectivity index is 1.83. The molecule has 0 saturated carbocycles. The number of hydrogen-bond donors (Lipinski definition) is 2. The SMILES string of the molecule is O=C(NCCc1ncno1)c1ccc(C#CCCO)cn1. The predicted octanol–water partition coefficient (Wildman–Crippen LogP) is 0.171. The first-order chi connectivity index (χ1) is 10.3. The summed E-state index contributed by atoms with van der Waals surface area (Å²) in [6, 6.07) is 3.31. The molecule has 0 atom stereocenters. The number of nitrogens with one attached hydrogen (secondary N) is 1. The van der Waals surface area contributed by atoms with Gasteiger partial charge in [0, 0.05) is 31.1 Å². The van der Waals surface area contributed by atoms with E-state index in [4.69, 9.17) is 9.63 Å². The van der Waals surface area contributed by atoms with Crippen molar-refractivity contribution in [3.63, 3.8) is 0 Å². The highest BCUT2D eigenvalue weighted by Gasteiger charge is 2.07. The summed E-state index contributed by atoms with van der Waals surface area (Å²) in [5, 5.41) is 14.8. The lowest BCUT2D eigenvalue weighted by molar-refractivity contribution is 0.0948. The van der Waals surface area contributed by atoms with Gasteiger partial charge in [0.25, 0.3) is 5.91 Å². The molecule has 0 aliphatic carbocycles. The fourth-order valence-corrected chi connectivity index (χ4v) is 1.50. The minimum Gasteiger partial charge on any atom is -0.395 e. The zero-order chi connectivity index (χ0) is 14.9. The number of pyridine rings is 1. The molecule has 2 heterocycles. The summed E-state index contributed by atoms with van der Waals surface area (Å²) in [7, 11) is 0. The zero-order valence-corrected chi connectivity index (χ0v) is 11.2. The van der Waals surface area contributed by atoms with E-state index in [-0.39, 0.29) is 12.5 Å². The van der Waals surface area contributed by atoms with Crippen molar-refractivity contribution in [3.8, 4) is 11.8 Å². The lowest BCUT2D eigenvalue weighted by Crippen LogP contribution is -2.26. The van der Waals surface area contributed by atoms with Crippen LogP contribution in [-0.2, 0) is 6.42 Å². The van der Waals surface area contributed by atoms with E-state index < -0.39 is 0 Å². The van der Waals surface area contributed by atoms with Gasteiger partial charge in [0.15, 0.2) is 6.33 Å². The Hall–Kier alpha value is -2.72. The first kappa shape index (κ1) is 14.7. The van der Waals surface area contributed by atoms with E-state index in [1.807, 2.05) is 0 Å². The Morgan fingerprint density at radius 3 is 2.95 bits per heavy atom. The van der Waals surface area contributed by atoms with Gasteiger partial charge >= 0.3 is 0 Å². The summed E-state index contributed by atoms with van der Waals surface area (Å²) < 4.78 is 4.82. The van der Waals surface area contributed by atoms with E-state index in [1.165, 1.54) is 12.5 Å². The lowest BCUT2D eigenvalue weighted by atomic mass is 10.2. The smallest absolute Gasteiger partial charge is 0.269 e. The molecule has 0 unspecified atom stereocenters. The average Bonchev–Trinajstić information content (AvgIpc) is 3.01. The number of carbonyl (C=O) groups is 1. The Labute approximate surface area is 121 Å². The summed E-state index contributed by atoms with van der Waals surface area (Å²) in [5.74, 6) is 5.82. The van der Waals surface area contributed by atoms with Crippen LogP contribution in [0.2, 0.25) is 0 Å². The largest absolute Gasteiger partial charge is 0.395 e. The number of aromatic nitrogens is 3. The van der Waals surface area contributed by atoms with Gasteiger partial charge in [-0.05, 0) is 12.1 Å². The molecule has 0 saturated heterocycles. The van der Waals surface area contributed by atoms with Crippen LogP contribution in [0.5, 0.6) is 0 Å². The topological polar surface area (TPSA) is 101 Å². The Bertz CT molecular complexity index is 626. The molecule has 7 nitrogen and oxygen atoms in total. The third-order valence-corrected chi connectivity index (χ3v) is 2.50. The molecule has 2 aromatic heterocycles. The van der Waals surface area contributed by atoms with Crippen LogP contribution in [-0.4, -0.2) is 39.3 Å². The molecule has 0 radical (unpaired) electrons. The van der Waals surface area contributed by atoms with Gasteiger partial charge in [0.1, 0.15) is 5.69 Å². The maximum Gasteiger partial charge on any atom is 0.269 e. The van der Waals surface area contributed by atoms with Crippen LogP contribution in [0.4, 0.5) is 0 Å². The molecule has 108 valence electrons. The van der Waals surface area contributed by atoms with E-state index in [2.05, 4.69) is 32.3 Å². The number of carbonyl (C=O) groups excluding carboxylic acids is 1. The van der Waals surface area contributed by atoms with Crippen molar-refractivity contribution in [3.05, 3.63) is 41.8 Å². The second-order valence-corrected chi connectivity index (χ2v) is 4.05. The van der Waals surface area contributed by atoms with Gasteiger partial charge in [0.2, 0.25) is 5.89 Å². The molecule has 0 fully saturated rings. The summed E-state index contributed by atoms with van der Waals surface area (Å²) in [4.78, 5) is 19.7. The molecule has 0 aliphatic heterocycles. The van der Waals surface area contributed by atoms with Gasteiger partial charge < -0.3 is 14.9 Å². The molecule has 2 rings (SSSR count). The van der Waals surface area contributed by atoms with Crippen LogP contribution in [0, 0.1) is 11.8 Å². The van der Waals surface area contributed by atoms with Crippen LogP contribution in [0.1, 0.15) is 28.4 Å². The van der Waals surface area contributed by atoms with Gasteiger partial charge in [0.05, 0.1) is 6.61 Å². The fourth-order valence-electron chi connectivity index (χ4n) is 1.50. The van der Waals surface area contributed by atoms with Crippen LogP contribution < -0.4 is 5.32 Å². The van der Waals surface area contributed by atoms with Crippen LogP contribution in [0.25, 0.3) is 0 Å². The maximum atomic E-state index is 11.8. The molecule has 0 spiro atoms. The highest BCUT2D eigenvalue weighted by Crippen LogP contribution is 1.99. The minimum atomic E-state index is -0.274. The molecule has 0 bridgehead atoms. The van der Waals surface area contributed by atoms with E-state index >= 15 is 0 Å². The van der Waals surface area contributed by atoms with Gasteiger partial charge in [-0.1, -0.05) is 17.0 Å². The number of hydrogen-bond acceptors (Lipinski definition) is 6. The first-order valence-corrected chi connectivity index (χ1v) is 6.39. The highest BCUT2D eigenvalue weighted by molar-refractivity contribution is 5.92. The summed E-state index contributed by atoms with van der Waals surface area (Å²) in [5.41, 5.74) is 1.01. The fraction of sp³-hybridized carbons (Fsp3) is 0.286. The summed E-state index contributed by atoms with van der Waals surface area (Å²) >= 11 is 0. The van der Waals surface area contributed by atoms with Crippen molar-refractivity contribution >= 4 is 5.91 Å². The van der Waals surface area contributed by atoms with Crippen molar-refractivity contribution in [1.82, 2.24) is 20.4 Å². The third kappa shape index (κ3) is 4.71. The van der Waals surface area contributed by atoms with E-state index in [0.717, 1.165) is 0 Å². The molecule has 0 aromatic carbocycles. The van der Waals surface area contributed by atoms with Crippen molar-refractivity contribution in [2.24, 2.45) is 0 Å². The molecule has 0 aliphatic rings. The number of aliphatic hydroxyl groups excluding tert-OH is 1. The maximum absolute atomic E-state index is 11.8. The van der Waals surface area contributed by atoms with Crippen LogP contribution in [0.15, 0.2) is 29.2 Å². The van der Waals surface area contributed by atoms with Crippen molar-refractivity contribution in [2.45, 2.75) is 12.8 Å². The number of rotatable bonds is 5. The molecular weight excluding hydrogens is 272 g/mol. The van der Waals surface area contributed by atoms with Gasteiger partial charge in [-0.15, -0.1) is 0 Å². The number of aliphatic hydroxyl groups is 1. The zero-order valence-electron chi connectivity index (χ0n) is 11.2. The van der Waals surface area contributed by atoms with E-state index in [9.17, 15) is 4.79 Å². The molecular formula is C14H14N4O3. The van der Waals surface area contributed by atoms with Gasteiger partial charge in [-0.2, -0.15) is 4.98 Å². The molecule has 2 N–H and O–H groups in total. The minimum absolute atomic E-state index is 0.0287. The van der Waals surface area contributed by atoms with Crippen molar-refractivity contribution in [2.75, 3.05) is 13.2 Å². The quantitative estimate of drug-likeness (QED) is 0.760. The summed E-state index contributed by atoms with van der Waals surface area (Å²) in [6.07, 6.45) is 3.72. The molecule has 2 aromatic rings. The molecule has 7 heteroatoms. The average molecular weight is 286 g/mol. The first-order valence-electron chi connectivity index (χ1n) is 6.39. The Morgan fingerprint density at radius 2 is 2.29 bits per heavy atom. The standard InChI is InChI=1S/C14H14N4O3/c19-8-2-1-3-11-4-5-12(16-9-11)14(20)15-7-6-13-17-10-18-21-13/h4-5,9-10,19H,2,6-8H2,(H,15,20). The molecule has 1 amide bonds. The summed E-state index contributed by atoms with van der Waals surface area (Å²) in [6.45, 7) is 0.418. The Morgan fingerprint density at radius 1 is 1.38 bits per heavy atom. The van der Waals surface area contributed by atoms with Crippen LogP contribution >= 0.6 is 0 Å². The number of nitrogens with zero attached hydrogens (tertiary/aromatic N) is 3.